The van der Waals surface area contributed by atoms with E-state index < -0.39 is 17.8 Å². The Morgan fingerprint density at radius 2 is 1.42 bits per heavy atom. The van der Waals surface area contributed by atoms with E-state index in [0.717, 1.165) is 37.7 Å². The van der Waals surface area contributed by atoms with Crippen molar-refractivity contribution in [1.82, 2.24) is 0 Å². The zero-order valence-electron chi connectivity index (χ0n) is 27.1. The third-order valence-electron chi connectivity index (χ3n) is 7.85. The smallest absolute Gasteiger partial charge is 0.341 e. The monoisotopic (exact) mass is 618 g/mol. The molecule has 3 aromatic carbocycles. The molecule has 1 atom stereocenters. The van der Waals surface area contributed by atoms with Gasteiger partial charge in [0.15, 0.2) is 0 Å². The lowest BCUT2D eigenvalue weighted by atomic mass is 9.92. The Labute approximate surface area is 267 Å². The molecule has 3 aromatic rings. The minimum atomic E-state index is -1.11. The number of benzene rings is 3. The van der Waals surface area contributed by atoms with Crippen molar-refractivity contribution in [2.75, 3.05) is 0 Å². The van der Waals surface area contributed by atoms with Gasteiger partial charge in [-0.3, -0.25) is 4.79 Å². The molecule has 0 saturated heterocycles. The highest BCUT2D eigenvalue weighted by Gasteiger charge is 2.19. The van der Waals surface area contributed by atoms with E-state index in [4.69, 9.17) is 9.47 Å². The summed E-state index contributed by atoms with van der Waals surface area (Å²) in [6, 6.07) is 15.8. The summed E-state index contributed by atoms with van der Waals surface area (Å²) in [4.78, 5) is 36.8. The minimum Gasteiger partial charge on any atom is -0.478 e. The van der Waals surface area contributed by atoms with Gasteiger partial charge in [-0.05, 0) is 90.8 Å². The summed E-state index contributed by atoms with van der Waals surface area (Å²) < 4.78 is 26.3. The average Bonchev–Trinajstić information content (AvgIpc) is 3.00. The molecule has 0 amide bonds. The van der Waals surface area contributed by atoms with Crippen molar-refractivity contribution in [3.05, 3.63) is 77.6 Å². The lowest BCUT2D eigenvalue weighted by molar-refractivity contribution is -0.134. The summed E-state index contributed by atoms with van der Waals surface area (Å²) in [7, 11) is 0. The van der Waals surface area contributed by atoms with Crippen LogP contribution in [0.2, 0.25) is 0 Å². The third-order valence-corrected chi connectivity index (χ3v) is 7.85. The number of halogens is 1. The molecule has 0 unspecified atom stereocenters. The molecule has 6 nitrogen and oxygen atoms in total. The molecule has 7 heteroatoms. The van der Waals surface area contributed by atoms with E-state index >= 15 is 4.39 Å². The summed E-state index contributed by atoms with van der Waals surface area (Å²) in [6.07, 6.45) is 10.5. The molecule has 0 aliphatic carbocycles. The quantitative estimate of drug-likeness (QED) is 0.0867. The highest BCUT2D eigenvalue weighted by molar-refractivity contribution is 5.95. The fourth-order valence-corrected chi connectivity index (χ4v) is 5.25. The summed E-state index contributed by atoms with van der Waals surface area (Å²) in [5.41, 5.74) is 2.16. The van der Waals surface area contributed by atoms with Crippen molar-refractivity contribution < 1.29 is 33.4 Å². The van der Waals surface area contributed by atoms with Crippen LogP contribution < -0.4 is 4.74 Å². The lowest BCUT2D eigenvalue weighted by Gasteiger charge is -2.15. The van der Waals surface area contributed by atoms with Crippen LogP contribution in [0.25, 0.3) is 22.3 Å². The zero-order chi connectivity index (χ0) is 32.8. The molecule has 3 rings (SSSR count). The predicted molar refractivity (Wildman–Crippen MR) is 176 cm³/mol. The summed E-state index contributed by atoms with van der Waals surface area (Å²) in [5, 5.41) is 9.63. The Morgan fingerprint density at radius 3 is 2.07 bits per heavy atom. The Kier molecular flexibility index (Phi) is 14.3. The van der Waals surface area contributed by atoms with E-state index in [0.29, 0.717) is 41.2 Å². The van der Waals surface area contributed by atoms with Gasteiger partial charge >= 0.3 is 17.9 Å². The molecule has 0 saturated carbocycles. The second-order valence-electron chi connectivity index (χ2n) is 12.2. The van der Waals surface area contributed by atoms with E-state index in [1.165, 1.54) is 49.9 Å². The Bertz CT molecular complexity index is 1410. The summed E-state index contributed by atoms with van der Waals surface area (Å²) in [5.74, 6) is -1.89. The first kappa shape index (κ1) is 35.5. The fourth-order valence-electron chi connectivity index (χ4n) is 5.25. The fraction of sp³-hybridized carbons (Fsp3) is 0.447. The highest BCUT2D eigenvalue weighted by atomic mass is 19.1. The molecule has 0 heterocycles. The Morgan fingerprint density at radius 1 is 0.756 bits per heavy atom. The number of aromatic carboxylic acids is 1. The molecule has 0 bridgehead atoms. The van der Waals surface area contributed by atoms with E-state index in [2.05, 4.69) is 20.8 Å². The first-order valence-electron chi connectivity index (χ1n) is 16.3. The Balaban J connectivity index is 1.72. The molecule has 0 aliphatic heterocycles. The van der Waals surface area contributed by atoms with Crippen molar-refractivity contribution in [3.8, 4) is 28.0 Å². The molecule has 242 valence electrons. The molecular weight excluding hydrogens is 571 g/mol. The van der Waals surface area contributed by atoms with Gasteiger partial charge in [0.1, 0.15) is 11.6 Å². The number of esters is 2. The van der Waals surface area contributed by atoms with Gasteiger partial charge < -0.3 is 14.6 Å². The molecular formula is C38H47FO6. The normalized spacial score (nSPS) is 11.8. The van der Waals surface area contributed by atoms with Crippen LogP contribution in [0.4, 0.5) is 4.39 Å². The van der Waals surface area contributed by atoms with E-state index in [1.54, 1.807) is 43.3 Å². The van der Waals surface area contributed by atoms with Crippen LogP contribution in [0, 0.1) is 11.7 Å². The summed E-state index contributed by atoms with van der Waals surface area (Å²) >= 11 is 0. The molecule has 0 radical (unpaired) electrons. The van der Waals surface area contributed by atoms with E-state index in [1.807, 2.05) is 0 Å². The van der Waals surface area contributed by atoms with Gasteiger partial charge in [0.25, 0.3) is 0 Å². The van der Waals surface area contributed by atoms with Crippen LogP contribution in [-0.2, 0) is 9.53 Å². The number of hydrogen-bond donors (Lipinski definition) is 1. The maximum Gasteiger partial charge on any atom is 0.341 e. The minimum absolute atomic E-state index is 0.0452. The molecule has 0 spiro atoms. The molecule has 45 heavy (non-hydrogen) atoms. The molecule has 0 fully saturated rings. The number of unbranched alkanes of at least 4 members (excludes halogenated alkanes) is 6. The number of rotatable bonds is 18. The van der Waals surface area contributed by atoms with Crippen molar-refractivity contribution in [2.24, 2.45) is 5.92 Å². The van der Waals surface area contributed by atoms with Gasteiger partial charge in [-0.1, -0.05) is 90.0 Å². The number of carbonyl (C=O) groups excluding carboxylic acids is 2. The van der Waals surface area contributed by atoms with Crippen LogP contribution in [0.3, 0.4) is 0 Å². The molecule has 1 N–H and O–H groups in total. The largest absolute Gasteiger partial charge is 0.478 e. The first-order chi connectivity index (χ1) is 21.6. The van der Waals surface area contributed by atoms with Crippen LogP contribution in [-0.4, -0.2) is 29.1 Å². The lowest BCUT2D eigenvalue weighted by Crippen LogP contribution is -2.16. The number of hydrogen-bond acceptors (Lipinski definition) is 5. The summed E-state index contributed by atoms with van der Waals surface area (Å²) in [6.45, 7) is 8.26. The zero-order valence-corrected chi connectivity index (χ0v) is 27.1. The first-order valence-corrected chi connectivity index (χ1v) is 16.3. The van der Waals surface area contributed by atoms with Crippen molar-refractivity contribution in [3.63, 3.8) is 0 Å². The van der Waals surface area contributed by atoms with E-state index in [9.17, 15) is 19.5 Å². The maximum absolute atomic E-state index is 15.3. The van der Waals surface area contributed by atoms with Crippen molar-refractivity contribution >= 4 is 17.9 Å². The van der Waals surface area contributed by atoms with Gasteiger partial charge in [-0.15, -0.1) is 0 Å². The highest BCUT2D eigenvalue weighted by Crippen LogP contribution is 2.35. The third kappa shape index (κ3) is 11.5. The number of carboxylic acids is 1. The van der Waals surface area contributed by atoms with Crippen molar-refractivity contribution in [2.45, 2.75) is 104 Å². The van der Waals surface area contributed by atoms with Crippen LogP contribution in [0.15, 0.2) is 60.7 Å². The predicted octanol–water partition coefficient (Wildman–Crippen LogP) is 10.3. The van der Waals surface area contributed by atoms with E-state index in [-0.39, 0.29) is 23.2 Å². The second-order valence-corrected chi connectivity index (χ2v) is 12.2. The number of ether oxygens (including phenoxy) is 2. The van der Waals surface area contributed by atoms with Crippen LogP contribution in [0.1, 0.15) is 119 Å². The molecule has 0 aromatic heterocycles. The van der Waals surface area contributed by atoms with Crippen molar-refractivity contribution in [1.29, 1.82) is 0 Å². The van der Waals surface area contributed by atoms with Gasteiger partial charge in [0, 0.05) is 6.42 Å². The average molecular weight is 619 g/mol. The van der Waals surface area contributed by atoms with Crippen LogP contribution >= 0.6 is 0 Å². The van der Waals surface area contributed by atoms with Crippen LogP contribution in [0.5, 0.6) is 5.75 Å². The maximum atomic E-state index is 15.3. The van der Waals surface area contributed by atoms with Gasteiger partial charge in [0.2, 0.25) is 0 Å². The standard InChI is InChI=1S/C38H47FO6/c1-5-6-7-8-9-10-11-15-36(40)45-31-20-16-28(17-21-31)32-22-19-30(37(41)42)24-34(32)29-18-23-33(35(39)25-29)38(43)44-27(4)14-12-13-26(2)3/h16-27H,5-15H2,1-4H3,(H,41,42)/t27-/m1/s1. The van der Waals surface area contributed by atoms with Gasteiger partial charge in [-0.25, -0.2) is 14.0 Å². The second kappa shape index (κ2) is 18.1. The Hall–Kier alpha value is -4.00. The molecule has 0 aliphatic rings. The topological polar surface area (TPSA) is 89.9 Å². The van der Waals surface area contributed by atoms with Gasteiger partial charge in [-0.2, -0.15) is 0 Å². The number of carboxylic acid groups (broad SMARTS) is 1. The van der Waals surface area contributed by atoms with Gasteiger partial charge in [0.05, 0.1) is 17.2 Å². The number of carbonyl (C=O) groups is 3. The SMILES string of the molecule is CCCCCCCCCC(=O)Oc1ccc(-c2ccc(C(=O)O)cc2-c2ccc(C(=O)O[C@H](C)CCCC(C)C)c(F)c2)cc1.